The topological polar surface area (TPSA) is 108 Å². The van der Waals surface area contributed by atoms with Gasteiger partial charge in [0.1, 0.15) is 5.69 Å². The van der Waals surface area contributed by atoms with E-state index >= 15 is 0 Å². The normalized spacial score (nSPS) is 10.7. The van der Waals surface area contributed by atoms with Crippen LogP contribution in [0.5, 0.6) is 0 Å². The molecular weight excluding hydrogens is 318 g/mol. The zero-order valence-corrected chi connectivity index (χ0v) is 14.0. The maximum Gasteiger partial charge on any atom is 0.270 e. The van der Waals surface area contributed by atoms with Gasteiger partial charge in [0.2, 0.25) is 5.82 Å². The van der Waals surface area contributed by atoms with Crippen LogP contribution in [0.2, 0.25) is 0 Å². The lowest BCUT2D eigenvalue weighted by Gasteiger charge is -2.10. The van der Waals surface area contributed by atoms with Crippen LogP contribution in [0.25, 0.3) is 11.4 Å². The quantitative estimate of drug-likeness (QED) is 0.635. The zero-order valence-electron chi connectivity index (χ0n) is 14.0. The second-order valence-electron chi connectivity index (χ2n) is 5.85. The molecule has 3 rings (SSSR count). The number of benzene rings is 1. The Morgan fingerprint density at radius 1 is 1.24 bits per heavy atom. The molecule has 0 fully saturated rings. The minimum Gasteiger partial charge on any atom is -0.381 e. The van der Waals surface area contributed by atoms with Crippen molar-refractivity contribution in [2.45, 2.75) is 26.4 Å². The van der Waals surface area contributed by atoms with Crippen LogP contribution in [-0.4, -0.2) is 37.6 Å². The highest BCUT2D eigenvalue weighted by molar-refractivity contribution is 5.93. The molecule has 0 bridgehead atoms. The molecular formula is C17H19N7O. The third-order valence-electron chi connectivity index (χ3n) is 3.44. The van der Waals surface area contributed by atoms with Gasteiger partial charge >= 0.3 is 0 Å². The van der Waals surface area contributed by atoms with Crippen LogP contribution in [0.1, 0.15) is 29.9 Å². The number of carbonyl (C=O) groups is 1. The van der Waals surface area contributed by atoms with Gasteiger partial charge in [-0.1, -0.05) is 18.2 Å². The molecule has 8 nitrogen and oxygen atoms in total. The average Bonchev–Trinajstić information content (AvgIpc) is 3.15. The summed E-state index contributed by atoms with van der Waals surface area (Å²) in [7, 11) is 0. The summed E-state index contributed by atoms with van der Waals surface area (Å²) in [6, 6.07) is 11.5. The maximum atomic E-state index is 12.0. The van der Waals surface area contributed by atoms with Crippen molar-refractivity contribution in [3.05, 3.63) is 53.9 Å². The fraction of sp³-hybridized carbons (Fsp3) is 0.235. The summed E-state index contributed by atoms with van der Waals surface area (Å²) in [5.41, 5.74) is 3.17. The molecule has 3 N–H and O–H groups in total. The first-order valence-electron chi connectivity index (χ1n) is 7.95. The standard InChI is InChI=1S/C17H19N7O/c1-11(2)20-17(25)15-9-14(6-7-18-15)19-10-12-4-3-5-13(8-12)16-21-23-24-22-16/h3-9,11H,10H2,1-2H3,(H,18,19)(H,20,25)(H,21,22,23,24). The van der Waals surface area contributed by atoms with Crippen LogP contribution in [0.4, 0.5) is 5.69 Å². The number of pyridine rings is 1. The van der Waals surface area contributed by atoms with Gasteiger partial charge in [-0.05, 0) is 42.8 Å². The van der Waals surface area contributed by atoms with Crippen molar-refractivity contribution in [3.8, 4) is 11.4 Å². The smallest absolute Gasteiger partial charge is 0.270 e. The first kappa shape index (κ1) is 16.6. The number of H-pyrrole nitrogens is 1. The second-order valence-corrected chi connectivity index (χ2v) is 5.85. The third kappa shape index (κ3) is 4.37. The Labute approximate surface area is 145 Å². The summed E-state index contributed by atoms with van der Waals surface area (Å²) in [6.07, 6.45) is 1.62. The number of anilines is 1. The average molecular weight is 337 g/mol. The number of aromatic nitrogens is 5. The predicted octanol–water partition coefficient (Wildman–Crippen LogP) is 2.01. The number of rotatable bonds is 6. The zero-order chi connectivity index (χ0) is 17.6. The lowest BCUT2D eigenvalue weighted by molar-refractivity contribution is 0.0938. The van der Waals surface area contributed by atoms with Crippen LogP contribution < -0.4 is 10.6 Å². The molecule has 128 valence electrons. The molecule has 0 unspecified atom stereocenters. The second kappa shape index (κ2) is 7.52. The summed E-state index contributed by atoms with van der Waals surface area (Å²) in [5.74, 6) is 0.371. The Morgan fingerprint density at radius 3 is 2.88 bits per heavy atom. The van der Waals surface area contributed by atoms with E-state index in [0.29, 0.717) is 18.1 Å². The van der Waals surface area contributed by atoms with Gasteiger partial charge in [-0.3, -0.25) is 9.78 Å². The Hall–Kier alpha value is -3.29. The third-order valence-corrected chi connectivity index (χ3v) is 3.44. The van der Waals surface area contributed by atoms with Gasteiger partial charge in [0.15, 0.2) is 0 Å². The first-order chi connectivity index (χ1) is 12.1. The molecule has 0 aliphatic carbocycles. The van der Waals surface area contributed by atoms with Crippen molar-refractivity contribution < 1.29 is 4.79 Å². The molecule has 0 atom stereocenters. The molecule has 25 heavy (non-hydrogen) atoms. The number of tetrazole rings is 1. The summed E-state index contributed by atoms with van der Waals surface area (Å²) in [6.45, 7) is 4.42. The molecule has 1 aromatic carbocycles. The molecule has 0 saturated carbocycles. The van der Waals surface area contributed by atoms with Gasteiger partial charge in [-0.25, -0.2) is 0 Å². The van der Waals surface area contributed by atoms with Gasteiger partial charge in [-0.15, -0.1) is 10.2 Å². The van der Waals surface area contributed by atoms with E-state index in [0.717, 1.165) is 16.8 Å². The van der Waals surface area contributed by atoms with Crippen molar-refractivity contribution in [3.63, 3.8) is 0 Å². The number of amides is 1. The van der Waals surface area contributed by atoms with E-state index in [1.807, 2.05) is 44.2 Å². The van der Waals surface area contributed by atoms with E-state index in [1.165, 1.54) is 0 Å². The Morgan fingerprint density at radius 2 is 2.12 bits per heavy atom. The van der Waals surface area contributed by atoms with Crippen LogP contribution in [0, 0.1) is 0 Å². The first-order valence-corrected chi connectivity index (χ1v) is 7.95. The molecule has 2 aromatic heterocycles. The van der Waals surface area contributed by atoms with E-state index in [9.17, 15) is 4.79 Å². The van der Waals surface area contributed by atoms with E-state index in [4.69, 9.17) is 0 Å². The molecule has 0 spiro atoms. The van der Waals surface area contributed by atoms with Crippen LogP contribution in [0.15, 0.2) is 42.6 Å². The van der Waals surface area contributed by atoms with Gasteiger partial charge in [0.25, 0.3) is 5.91 Å². The molecule has 0 aliphatic rings. The minimum absolute atomic E-state index is 0.0683. The fourth-order valence-corrected chi connectivity index (χ4v) is 2.31. The fourth-order valence-electron chi connectivity index (χ4n) is 2.31. The highest BCUT2D eigenvalue weighted by Gasteiger charge is 2.09. The minimum atomic E-state index is -0.183. The number of aromatic amines is 1. The Balaban J connectivity index is 1.68. The van der Waals surface area contributed by atoms with Gasteiger partial charge in [0, 0.05) is 30.0 Å². The van der Waals surface area contributed by atoms with E-state index in [1.54, 1.807) is 12.3 Å². The number of nitrogens with zero attached hydrogens (tertiary/aromatic N) is 4. The summed E-state index contributed by atoms with van der Waals surface area (Å²) in [4.78, 5) is 16.1. The highest BCUT2D eigenvalue weighted by Crippen LogP contribution is 2.16. The number of hydrogen-bond acceptors (Lipinski definition) is 6. The van der Waals surface area contributed by atoms with E-state index in [2.05, 4.69) is 36.2 Å². The van der Waals surface area contributed by atoms with Crippen molar-refractivity contribution in [2.24, 2.45) is 0 Å². The van der Waals surface area contributed by atoms with Crippen LogP contribution in [0.3, 0.4) is 0 Å². The lowest BCUT2D eigenvalue weighted by atomic mass is 10.1. The molecule has 0 saturated heterocycles. The molecule has 0 radical (unpaired) electrons. The van der Waals surface area contributed by atoms with E-state index < -0.39 is 0 Å². The largest absolute Gasteiger partial charge is 0.381 e. The molecule has 2 heterocycles. The number of nitrogens with one attached hydrogen (secondary N) is 3. The molecule has 1 amide bonds. The van der Waals surface area contributed by atoms with Gasteiger partial charge in [-0.2, -0.15) is 5.21 Å². The van der Waals surface area contributed by atoms with Gasteiger partial charge in [0.05, 0.1) is 0 Å². The maximum absolute atomic E-state index is 12.0. The van der Waals surface area contributed by atoms with Crippen LogP contribution in [-0.2, 0) is 6.54 Å². The Kier molecular flexibility index (Phi) is 4.98. The van der Waals surface area contributed by atoms with Crippen molar-refractivity contribution in [1.29, 1.82) is 0 Å². The number of hydrogen-bond donors (Lipinski definition) is 3. The monoisotopic (exact) mass is 337 g/mol. The molecule has 8 heteroatoms. The van der Waals surface area contributed by atoms with Crippen molar-refractivity contribution >= 4 is 11.6 Å². The predicted molar refractivity (Wildman–Crippen MR) is 93.8 cm³/mol. The summed E-state index contributed by atoms with van der Waals surface area (Å²) < 4.78 is 0. The van der Waals surface area contributed by atoms with E-state index in [-0.39, 0.29) is 11.9 Å². The summed E-state index contributed by atoms with van der Waals surface area (Å²) >= 11 is 0. The van der Waals surface area contributed by atoms with Gasteiger partial charge < -0.3 is 10.6 Å². The highest BCUT2D eigenvalue weighted by atomic mass is 16.1. The number of carbonyl (C=O) groups excluding carboxylic acids is 1. The summed E-state index contributed by atoms with van der Waals surface area (Å²) in [5, 5.41) is 20.1. The lowest BCUT2D eigenvalue weighted by Crippen LogP contribution is -2.30. The molecule has 3 aromatic rings. The van der Waals surface area contributed by atoms with Crippen molar-refractivity contribution in [1.82, 2.24) is 30.9 Å². The molecule has 0 aliphatic heterocycles. The Bertz CT molecular complexity index is 846. The SMILES string of the molecule is CC(C)NC(=O)c1cc(NCc2cccc(-c3nn[nH]n3)c2)ccn1. The van der Waals surface area contributed by atoms with Crippen molar-refractivity contribution in [2.75, 3.05) is 5.32 Å². The van der Waals surface area contributed by atoms with Crippen LogP contribution >= 0.6 is 0 Å².